The number of aliphatic hydroxyl groups excluding tert-OH is 1. The summed E-state index contributed by atoms with van der Waals surface area (Å²) in [6, 6.07) is 6.54. The fourth-order valence-electron chi connectivity index (χ4n) is 3.02. The summed E-state index contributed by atoms with van der Waals surface area (Å²) in [7, 11) is 3.81. The van der Waals surface area contributed by atoms with Crippen LogP contribution in [0.15, 0.2) is 18.2 Å². The average Bonchev–Trinajstić information content (AvgIpc) is 2.39. The molecule has 106 valence electrons. The quantitative estimate of drug-likeness (QED) is 0.906. The Morgan fingerprint density at radius 1 is 1.32 bits per heavy atom. The Morgan fingerprint density at radius 2 is 2.05 bits per heavy atom. The van der Waals surface area contributed by atoms with Gasteiger partial charge in [-0.05, 0) is 32.9 Å². The Labute approximate surface area is 116 Å². The largest absolute Gasteiger partial charge is 0.496 e. The second kappa shape index (κ2) is 6.40. The number of aryl methyl sites for hydroxylation is 1. The highest BCUT2D eigenvalue weighted by atomic mass is 16.5. The number of methoxy groups -OCH3 is 1. The molecule has 2 atom stereocenters. The van der Waals surface area contributed by atoms with Crippen LogP contribution in [-0.4, -0.2) is 36.3 Å². The number of rotatable bonds is 4. The van der Waals surface area contributed by atoms with Crippen LogP contribution in [0, 0.1) is 6.92 Å². The molecule has 1 aromatic carbocycles. The van der Waals surface area contributed by atoms with E-state index in [0.717, 1.165) is 31.6 Å². The standard InChI is InChI=1S/C16H25NO2/c1-12-8-9-16(19-3)13(10-12)11-17(2)14-6-4-5-7-15(14)18/h8-10,14-15,18H,4-7,11H2,1-3H3. The van der Waals surface area contributed by atoms with Crippen LogP contribution in [0.3, 0.4) is 0 Å². The molecule has 1 saturated carbocycles. The van der Waals surface area contributed by atoms with Crippen molar-refractivity contribution in [3.63, 3.8) is 0 Å². The van der Waals surface area contributed by atoms with Crippen molar-refractivity contribution in [2.24, 2.45) is 0 Å². The van der Waals surface area contributed by atoms with Crippen LogP contribution in [0.2, 0.25) is 0 Å². The second-order valence-electron chi connectivity index (χ2n) is 5.65. The third-order valence-corrected chi connectivity index (χ3v) is 4.12. The number of hydrogen-bond acceptors (Lipinski definition) is 3. The molecular formula is C16H25NO2. The fraction of sp³-hybridized carbons (Fsp3) is 0.625. The summed E-state index contributed by atoms with van der Waals surface area (Å²) in [5.41, 5.74) is 2.44. The summed E-state index contributed by atoms with van der Waals surface area (Å²) in [4.78, 5) is 2.26. The van der Waals surface area contributed by atoms with Gasteiger partial charge in [0.2, 0.25) is 0 Å². The Bertz CT molecular complexity index is 419. The van der Waals surface area contributed by atoms with Crippen molar-refractivity contribution in [3.8, 4) is 5.75 Å². The van der Waals surface area contributed by atoms with E-state index in [0.29, 0.717) is 0 Å². The van der Waals surface area contributed by atoms with Gasteiger partial charge in [-0.1, -0.05) is 30.5 Å². The van der Waals surface area contributed by atoms with Crippen LogP contribution >= 0.6 is 0 Å². The van der Waals surface area contributed by atoms with E-state index in [2.05, 4.69) is 31.0 Å². The maximum atomic E-state index is 10.1. The highest BCUT2D eigenvalue weighted by molar-refractivity contribution is 5.36. The number of benzene rings is 1. The lowest BCUT2D eigenvalue weighted by Gasteiger charge is -2.35. The van der Waals surface area contributed by atoms with Crippen LogP contribution in [0.25, 0.3) is 0 Å². The maximum absolute atomic E-state index is 10.1. The van der Waals surface area contributed by atoms with Crippen LogP contribution in [0.4, 0.5) is 0 Å². The number of hydrogen-bond donors (Lipinski definition) is 1. The van der Waals surface area contributed by atoms with Crippen molar-refractivity contribution in [1.29, 1.82) is 0 Å². The van der Waals surface area contributed by atoms with E-state index in [4.69, 9.17) is 4.74 Å². The highest BCUT2D eigenvalue weighted by Gasteiger charge is 2.26. The first-order chi connectivity index (χ1) is 9.11. The number of likely N-dealkylation sites (N-methyl/N-ethyl adjacent to an activating group) is 1. The van der Waals surface area contributed by atoms with Gasteiger partial charge < -0.3 is 9.84 Å². The molecule has 0 aromatic heterocycles. The van der Waals surface area contributed by atoms with E-state index in [1.165, 1.54) is 17.5 Å². The smallest absolute Gasteiger partial charge is 0.123 e. The molecular weight excluding hydrogens is 238 g/mol. The Hall–Kier alpha value is -1.06. The predicted molar refractivity (Wildman–Crippen MR) is 77.5 cm³/mol. The molecule has 3 heteroatoms. The molecule has 0 spiro atoms. The molecule has 2 unspecified atom stereocenters. The lowest BCUT2D eigenvalue weighted by Crippen LogP contribution is -2.42. The summed E-state index contributed by atoms with van der Waals surface area (Å²) in [6.45, 7) is 2.92. The minimum absolute atomic E-state index is 0.186. The van der Waals surface area contributed by atoms with E-state index in [1.807, 2.05) is 6.07 Å². The van der Waals surface area contributed by atoms with Crippen LogP contribution < -0.4 is 4.74 Å². The maximum Gasteiger partial charge on any atom is 0.123 e. The van der Waals surface area contributed by atoms with Gasteiger partial charge in [-0.2, -0.15) is 0 Å². The lowest BCUT2D eigenvalue weighted by molar-refractivity contribution is 0.0285. The molecule has 0 heterocycles. The predicted octanol–water partition coefficient (Wildman–Crippen LogP) is 2.74. The Morgan fingerprint density at radius 3 is 2.74 bits per heavy atom. The highest BCUT2D eigenvalue weighted by Crippen LogP contribution is 2.26. The lowest BCUT2D eigenvalue weighted by atomic mass is 9.91. The van der Waals surface area contributed by atoms with Crippen LogP contribution in [0.5, 0.6) is 5.75 Å². The molecule has 1 aliphatic rings. The van der Waals surface area contributed by atoms with Gasteiger partial charge >= 0.3 is 0 Å². The first kappa shape index (κ1) is 14.4. The van der Waals surface area contributed by atoms with Gasteiger partial charge in [0.15, 0.2) is 0 Å². The van der Waals surface area contributed by atoms with Crippen molar-refractivity contribution in [1.82, 2.24) is 4.90 Å². The van der Waals surface area contributed by atoms with Gasteiger partial charge in [0.25, 0.3) is 0 Å². The molecule has 1 N–H and O–H groups in total. The Kier molecular flexibility index (Phi) is 4.83. The first-order valence-corrected chi connectivity index (χ1v) is 7.13. The topological polar surface area (TPSA) is 32.7 Å². The van der Waals surface area contributed by atoms with E-state index >= 15 is 0 Å². The SMILES string of the molecule is COc1ccc(C)cc1CN(C)C1CCCCC1O. The molecule has 1 aliphatic carbocycles. The zero-order valence-corrected chi connectivity index (χ0v) is 12.2. The first-order valence-electron chi connectivity index (χ1n) is 7.13. The summed E-state index contributed by atoms with van der Waals surface area (Å²) >= 11 is 0. The van der Waals surface area contributed by atoms with Gasteiger partial charge in [0.05, 0.1) is 13.2 Å². The van der Waals surface area contributed by atoms with Crippen LogP contribution in [-0.2, 0) is 6.54 Å². The summed E-state index contributed by atoms with van der Waals surface area (Å²) in [5.74, 6) is 0.933. The van der Waals surface area contributed by atoms with Crippen LogP contribution in [0.1, 0.15) is 36.8 Å². The zero-order valence-electron chi connectivity index (χ0n) is 12.2. The van der Waals surface area contributed by atoms with Gasteiger partial charge in [0, 0.05) is 18.2 Å². The molecule has 1 aromatic rings. The molecule has 0 aliphatic heterocycles. The average molecular weight is 263 g/mol. The summed E-state index contributed by atoms with van der Waals surface area (Å²) in [5, 5.41) is 10.1. The number of ether oxygens (including phenoxy) is 1. The zero-order chi connectivity index (χ0) is 13.8. The molecule has 0 radical (unpaired) electrons. The van der Waals surface area contributed by atoms with E-state index < -0.39 is 0 Å². The number of nitrogens with zero attached hydrogens (tertiary/aromatic N) is 1. The van der Waals surface area contributed by atoms with Gasteiger partial charge in [0.1, 0.15) is 5.75 Å². The fourth-order valence-corrected chi connectivity index (χ4v) is 3.02. The summed E-state index contributed by atoms with van der Waals surface area (Å²) < 4.78 is 5.43. The third-order valence-electron chi connectivity index (χ3n) is 4.12. The molecule has 1 fully saturated rings. The second-order valence-corrected chi connectivity index (χ2v) is 5.65. The molecule has 0 saturated heterocycles. The van der Waals surface area contributed by atoms with Gasteiger partial charge in [-0.15, -0.1) is 0 Å². The minimum atomic E-state index is -0.186. The van der Waals surface area contributed by atoms with E-state index in [9.17, 15) is 5.11 Å². The van der Waals surface area contributed by atoms with Crippen molar-refractivity contribution >= 4 is 0 Å². The van der Waals surface area contributed by atoms with Crippen molar-refractivity contribution < 1.29 is 9.84 Å². The molecule has 2 rings (SSSR count). The van der Waals surface area contributed by atoms with Gasteiger partial charge in [-0.3, -0.25) is 4.90 Å². The monoisotopic (exact) mass is 263 g/mol. The van der Waals surface area contributed by atoms with Crippen molar-refractivity contribution in [3.05, 3.63) is 29.3 Å². The van der Waals surface area contributed by atoms with Crippen molar-refractivity contribution in [2.75, 3.05) is 14.2 Å². The molecule has 0 amide bonds. The normalized spacial score (nSPS) is 23.6. The van der Waals surface area contributed by atoms with Crippen molar-refractivity contribution in [2.45, 2.75) is 51.3 Å². The Balaban J connectivity index is 2.09. The molecule has 19 heavy (non-hydrogen) atoms. The summed E-state index contributed by atoms with van der Waals surface area (Å²) in [6.07, 6.45) is 4.21. The van der Waals surface area contributed by atoms with E-state index in [-0.39, 0.29) is 12.1 Å². The molecule has 3 nitrogen and oxygen atoms in total. The van der Waals surface area contributed by atoms with E-state index in [1.54, 1.807) is 7.11 Å². The number of aliphatic hydroxyl groups is 1. The minimum Gasteiger partial charge on any atom is -0.496 e. The molecule has 0 bridgehead atoms. The third kappa shape index (κ3) is 3.48. The van der Waals surface area contributed by atoms with Gasteiger partial charge in [-0.25, -0.2) is 0 Å².